The normalized spacial score (nSPS) is 9.85. The predicted molar refractivity (Wildman–Crippen MR) is 98.2 cm³/mol. The number of carbonyl (C=O) groups is 4. The third kappa shape index (κ3) is 6.28. The van der Waals surface area contributed by atoms with E-state index in [2.05, 4.69) is 21.7 Å². The van der Waals surface area contributed by atoms with Crippen molar-refractivity contribution in [2.24, 2.45) is 0 Å². The van der Waals surface area contributed by atoms with Gasteiger partial charge in [-0.2, -0.15) is 0 Å². The molecule has 0 heterocycles. The molecule has 0 saturated carbocycles. The van der Waals surface area contributed by atoms with Crippen molar-refractivity contribution < 1.29 is 19.2 Å². The van der Waals surface area contributed by atoms with Crippen molar-refractivity contribution >= 4 is 23.6 Å². The Labute approximate surface area is 156 Å². The number of carbonyl (C=O) groups excluding carboxylic acids is 4. The first-order chi connectivity index (χ1) is 12.8. The van der Waals surface area contributed by atoms with Crippen LogP contribution in [0.1, 0.15) is 38.3 Å². The van der Waals surface area contributed by atoms with Crippen molar-refractivity contribution in [3.63, 3.8) is 0 Å². The number of hydrogen-bond acceptors (Lipinski definition) is 4. The zero-order valence-electron chi connectivity index (χ0n) is 15.0. The van der Waals surface area contributed by atoms with Crippen LogP contribution in [0.4, 0.5) is 0 Å². The zero-order chi connectivity index (χ0) is 19.8. The maximum absolute atomic E-state index is 11.9. The van der Waals surface area contributed by atoms with Crippen molar-refractivity contribution in [1.29, 1.82) is 0 Å². The second-order valence-corrected chi connectivity index (χ2v) is 5.91. The van der Waals surface area contributed by atoms with Crippen LogP contribution in [0.2, 0.25) is 0 Å². The molecule has 8 nitrogen and oxygen atoms in total. The van der Waals surface area contributed by atoms with Gasteiger partial charge in [0.1, 0.15) is 6.42 Å². The van der Waals surface area contributed by atoms with E-state index in [-0.39, 0.29) is 0 Å². The van der Waals surface area contributed by atoms with E-state index in [1.165, 1.54) is 0 Å². The van der Waals surface area contributed by atoms with Crippen LogP contribution >= 0.6 is 0 Å². The van der Waals surface area contributed by atoms with E-state index in [0.717, 1.165) is 11.1 Å². The van der Waals surface area contributed by atoms with Crippen molar-refractivity contribution in [2.45, 2.75) is 20.3 Å². The Hall–Kier alpha value is -3.68. The number of aryl methyl sites for hydroxylation is 2. The van der Waals surface area contributed by atoms with E-state index < -0.39 is 30.0 Å². The van der Waals surface area contributed by atoms with Gasteiger partial charge < -0.3 is 0 Å². The highest BCUT2D eigenvalue weighted by molar-refractivity contribution is 6.01. The molecule has 140 valence electrons. The molecule has 2 aromatic rings. The Kier molecular flexibility index (Phi) is 6.65. The molecule has 0 aliphatic heterocycles. The standard InChI is InChI=1S/C19H20N4O4/c1-12-3-7-14(8-4-12)18(26)22-20-16(24)11-17(25)21-23-19(27)15-9-5-13(2)6-10-15/h3-10H,11H2,1-2H3,(H,20,24)(H,21,25)(H,22,26)(H,23,27). The molecule has 0 fully saturated rings. The highest BCUT2D eigenvalue weighted by Crippen LogP contribution is 2.03. The van der Waals surface area contributed by atoms with Gasteiger partial charge in [0, 0.05) is 11.1 Å². The minimum Gasteiger partial charge on any atom is -0.273 e. The number of hydrogen-bond donors (Lipinski definition) is 4. The fourth-order valence-corrected chi connectivity index (χ4v) is 2.04. The summed E-state index contributed by atoms with van der Waals surface area (Å²) in [6, 6.07) is 13.5. The lowest BCUT2D eigenvalue weighted by molar-refractivity contribution is -0.130. The topological polar surface area (TPSA) is 116 Å². The second kappa shape index (κ2) is 9.14. The van der Waals surface area contributed by atoms with Crippen molar-refractivity contribution in [3.8, 4) is 0 Å². The molecule has 0 unspecified atom stereocenters. The molecule has 0 spiro atoms. The number of amides is 4. The summed E-state index contributed by atoms with van der Waals surface area (Å²) < 4.78 is 0. The van der Waals surface area contributed by atoms with Gasteiger partial charge in [0.15, 0.2) is 0 Å². The summed E-state index contributed by atoms with van der Waals surface area (Å²) in [6.07, 6.45) is -0.567. The summed E-state index contributed by atoms with van der Waals surface area (Å²) in [6.45, 7) is 3.78. The fourth-order valence-electron chi connectivity index (χ4n) is 2.04. The van der Waals surface area contributed by atoms with Crippen molar-refractivity contribution in [3.05, 3.63) is 70.8 Å². The molecule has 0 aliphatic carbocycles. The monoisotopic (exact) mass is 368 g/mol. The number of rotatable bonds is 4. The largest absolute Gasteiger partial charge is 0.273 e. The Morgan fingerprint density at radius 3 is 1.26 bits per heavy atom. The molecule has 0 atom stereocenters. The average Bonchev–Trinajstić information content (AvgIpc) is 2.65. The van der Waals surface area contributed by atoms with E-state index in [9.17, 15) is 19.2 Å². The number of hydrazine groups is 2. The maximum atomic E-state index is 11.9. The minimum atomic E-state index is -0.724. The second-order valence-electron chi connectivity index (χ2n) is 5.91. The van der Waals surface area contributed by atoms with Crippen LogP contribution in [-0.4, -0.2) is 23.6 Å². The number of nitrogens with one attached hydrogen (secondary N) is 4. The van der Waals surface area contributed by atoms with Gasteiger partial charge in [-0.25, -0.2) is 0 Å². The molecule has 4 N–H and O–H groups in total. The Morgan fingerprint density at radius 2 is 0.926 bits per heavy atom. The molecule has 0 radical (unpaired) electrons. The molecule has 0 aliphatic rings. The lowest BCUT2D eigenvalue weighted by Gasteiger charge is -2.09. The molecule has 4 amide bonds. The smallest absolute Gasteiger partial charge is 0.269 e. The maximum Gasteiger partial charge on any atom is 0.269 e. The summed E-state index contributed by atoms with van der Waals surface area (Å²) in [5, 5.41) is 0. The van der Waals surface area contributed by atoms with Crippen LogP contribution < -0.4 is 21.7 Å². The molecule has 2 aromatic carbocycles. The van der Waals surface area contributed by atoms with E-state index in [4.69, 9.17) is 0 Å². The summed E-state index contributed by atoms with van der Waals surface area (Å²) >= 11 is 0. The van der Waals surface area contributed by atoms with Crippen LogP contribution in [0, 0.1) is 13.8 Å². The molecule has 8 heteroatoms. The van der Waals surface area contributed by atoms with Gasteiger partial charge in [-0.05, 0) is 38.1 Å². The first-order valence-electron chi connectivity index (χ1n) is 8.17. The Balaban J connectivity index is 1.72. The van der Waals surface area contributed by atoms with Gasteiger partial charge in [0.25, 0.3) is 11.8 Å². The van der Waals surface area contributed by atoms with Gasteiger partial charge in [0.05, 0.1) is 0 Å². The van der Waals surface area contributed by atoms with Gasteiger partial charge in [-0.15, -0.1) is 0 Å². The SMILES string of the molecule is Cc1ccc(C(=O)NNC(=O)CC(=O)NNC(=O)c2ccc(C)cc2)cc1. The van der Waals surface area contributed by atoms with Gasteiger partial charge in [-0.3, -0.25) is 40.9 Å². The van der Waals surface area contributed by atoms with E-state index in [0.29, 0.717) is 11.1 Å². The highest BCUT2D eigenvalue weighted by Gasteiger charge is 2.12. The van der Waals surface area contributed by atoms with Gasteiger partial charge in [0.2, 0.25) is 11.8 Å². The van der Waals surface area contributed by atoms with Crippen LogP contribution in [0.5, 0.6) is 0 Å². The molecule has 0 aromatic heterocycles. The van der Waals surface area contributed by atoms with Crippen LogP contribution in [-0.2, 0) is 9.59 Å². The van der Waals surface area contributed by atoms with Gasteiger partial charge in [-0.1, -0.05) is 35.4 Å². The first kappa shape index (κ1) is 19.6. The highest BCUT2D eigenvalue weighted by atomic mass is 16.2. The van der Waals surface area contributed by atoms with Crippen LogP contribution in [0.3, 0.4) is 0 Å². The average molecular weight is 368 g/mol. The lowest BCUT2D eigenvalue weighted by Crippen LogP contribution is -2.46. The lowest BCUT2D eigenvalue weighted by atomic mass is 10.1. The Morgan fingerprint density at radius 1 is 0.593 bits per heavy atom. The summed E-state index contributed by atoms with van der Waals surface area (Å²) in [5.41, 5.74) is 11.4. The van der Waals surface area contributed by atoms with Crippen LogP contribution in [0.15, 0.2) is 48.5 Å². The molecular formula is C19H20N4O4. The molecule has 2 rings (SSSR count). The third-order valence-corrected chi connectivity index (χ3v) is 3.58. The zero-order valence-corrected chi connectivity index (χ0v) is 15.0. The first-order valence-corrected chi connectivity index (χ1v) is 8.17. The number of benzene rings is 2. The molecule has 27 heavy (non-hydrogen) atoms. The third-order valence-electron chi connectivity index (χ3n) is 3.58. The van der Waals surface area contributed by atoms with Crippen molar-refractivity contribution in [2.75, 3.05) is 0 Å². The predicted octanol–water partition coefficient (Wildman–Crippen LogP) is 0.916. The van der Waals surface area contributed by atoms with E-state index in [1.807, 2.05) is 13.8 Å². The molecule has 0 bridgehead atoms. The van der Waals surface area contributed by atoms with E-state index in [1.54, 1.807) is 48.5 Å². The summed E-state index contributed by atoms with van der Waals surface area (Å²) in [4.78, 5) is 47.1. The fraction of sp³-hybridized carbons (Fsp3) is 0.158. The molecule has 0 saturated heterocycles. The quantitative estimate of drug-likeness (QED) is 0.474. The Bertz CT molecular complexity index is 774. The molecular weight excluding hydrogens is 348 g/mol. The minimum absolute atomic E-state index is 0.371. The van der Waals surface area contributed by atoms with Gasteiger partial charge >= 0.3 is 0 Å². The van der Waals surface area contributed by atoms with Crippen LogP contribution in [0.25, 0.3) is 0 Å². The van der Waals surface area contributed by atoms with Crippen molar-refractivity contribution in [1.82, 2.24) is 21.7 Å². The summed E-state index contributed by atoms with van der Waals surface area (Å²) in [5.74, 6) is -2.46. The summed E-state index contributed by atoms with van der Waals surface area (Å²) in [7, 11) is 0. The van der Waals surface area contributed by atoms with E-state index >= 15 is 0 Å².